The van der Waals surface area contributed by atoms with Crippen LogP contribution in [0, 0.1) is 11.7 Å². The molecule has 0 radical (unpaired) electrons. The smallest absolute Gasteiger partial charge is 0.320 e. The summed E-state index contributed by atoms with van der Waals surface area (Å²) < 4.78 is 13.5. The molecule has 0 aromatic heterocycles. The summed E-state index contributed by atoms with van der Waals surface area (Å²) in [7, 11) is 0. The van der Waals surface area contributed by atoms with Crippen LogP contribution in [0.3, 0.4) is 0 Å². The molecule has 0 aliphatic carbocycles. The van der Waals surface area contributed by atoms with Gasteiger partial charge in [0.25, 0.3) is 0 Å². The first-order chi connectivity index (χ1) is 10.3. The predicted molar refractivity (Wildman–Crippen MR) is 83.5 cm³/mol. The van der Waals surface area contributed by atoms with Gasteiger partial charge in [0, 0.05) is 18.0 Å². The van der Waals surface area contributed by atoms with Gasteiger partial charge in [-0.25, -0.2) is 4.39 Å². The summed E-state index contributed by atoms with van der Waals surface area (Å²) in [5, 5.41) is 14.6. The Kier molecular flexibility index (Phi) is 7.27. The molecule has 0 saturated carbocycles. The Balaban J connectivity index is 2.47. The highest BCUT2D eigenvalue weighted by molar-refractivity contribution is 6.30. The number of hydrogen-bond donors (Lipinski definition) is 3. The minimum absolute atomic E-state index is 0.0439. The van der Waals surface area contributed by atoms with Crippen molar-refractivity contribution >= 4 is 29.2 Å². The molecule has 1 aromatic carbocycles. The van der Waals surface area contributed by atoms with Crippen LogP contribution in [0.5, 0.6) is 0 Å². The summed E-state index contributed by atoms with van der Waals surface area (Å²) in [4.78, 5) is 22.9. The van der Waals surface area contributed by atoms with E-state index in [0.717, 1.165) is 6.07 Å². The highest BCUT2D eigenvalue weighted by Gasteiger charge is 2.22. The molecule has 1 rings (SSSR count). The van der Waals surface area contributed by atoms with E-state index in [-0.39, 0.29) is 29.6 Å². The van der Waals surface area contributed by atoms with Crippen molar-refractivity contribution < 1.29 is 19.1 Å². The minimum atomic E-state index is -0.946. The van der Waals surface area contributed by atoms with Crippen molar-refractivity contribution in [2.75, 3.05) is 11.9 Å². The van der Waals surface area contributed by atoms with E-state index in [4.69, 9.17) is 16.7 Å². The van der Waals surface area contributed by atoms with Crippen molar-refractivity contribution in [1.82, 2.24) is 5.32 Å². The third kappa shape index (κ3) is 5.61. The number of benzene rings is 1. The second-order valence-corrected chi connectivity index (χ2v) is 5.51. The Morgan fingerprint density at radius 2 is 2.09 bits per heavy atom. The highest BCUT2D eigenvalue weighted by Crippen LogP contribution is 2.18. The Bertz CT molecular complexity index is 540. The topological polar surface area (TPSA) is 78.4 Å². The van der Waals surface area contributed by atoms with Crippen LogP contribution in [0.4, 0.5) is 10.1 Å². The monoisotopic (exact) mass is 330 g/mol. The fourth-order valence-corrected chi connectivity index (χ4v) is 2.07. The zero-order valence-corrected chi connectivity index (χ0v) is 13.3. The third-order valence-corrected chi connectivity index (χ3v) is 3.64. The fraction of sp³-hybridized carbons (Fsp3) is 0.467. The Labute approximate surface area is 133 Å². The number of aliphatic carboxylic acids is 1. The number of amides is 1. The van der Waals surface area contributed by atoms with Gasteiger partial charge in [0.15, 0.2) is 0 Å². The number of anilines is 1. The Hall–Kier alpha value is -1.66. The standard InChI is InChI=1S/C15H20ClFN2O3/c1-3-9(2)14(15(21)22)18-7-6-13(20)19-12-5-4-10(16)8-11(12)17/h4-5,8-9,14,18H,3,6-7H2,1-2H3,(H,19,20)(H,21,22)/t9-,14-/m0/s1. The lowest BCUT2D eigenvalue weighted by Crippen LogP contribution is -2.42. The van der Waals surface area contributed by atoms with Gasteiger partial charge in [-0.15, -0.1) is 0 Å². The second-order valence-electron chi connectivity index (χ2n) is 5.08. The van der Waals surface area contributed by atoms with Crippen LogP contribution in [0.1, 0.15) is 26.7 Å². The number of nitrogens with one attached hydrogen (secondary N) is 2. The zero-order valence-electron chi connectivity index (χ0n) is 12.5. The van der Waals surface area contributed by atoms with Gasteiger partial charge in [-0.3, -0.25) is 9.59 Å². The first kappa shape index (κ1) is 18.4. The minimum Gasteiger partial charge on any atom is -0.480 e. The lowest BCUT2D eigenvalue weighted by molar-refractivity contribution is -0.141. The van der Waals surface area contributed by atoms with E-state index in [0.29, 0.717) is 6.42 Å². The molecule has 5 nitrogen and oxygen atoms in total. The van der Waals surface area contributed by atoms with Crippen molar-refractivity contribution in [3.63, 3.8) is 0 Å². The Morgan fingerprint density at radius 3 is 2.64 bits per heavy atom. The third-order valence-electron chi connectivity index (χ3n) is 3.40. The van der Waals surface area contributed by atoms with Crippen molar-refractivity contribution in [3.05, 3.63) is 29.0 Å². The van der Waals surface area contributed by atoms with Crippen molar-refractivity contribution in [1.29, 1.82) is 0 Å². The summed E-state index contributed by atoms with van der Waals surface area (Å²) in [5.74, 6) is -2.01. The molecule has 7 heteroatoms. The van der Waals surface area contributed by atoms with Crippen LogP contribution < -0.4 is 10.6 Å². The molecule has 0 saturated heterocycles. The average Bonchev–Trinajstić information content (AvgIpc) is 2.45. The van der Waals surface area contributed by atoms with Crippen LogP contribution in [0.25, 0.3) is 0 Å². The highest BCUT2D eigenvalue weighted by atomic mass is 35.5. The van der Waals surface area contributed by atoms with E-state index in [2.05, 4.69) is 10.6 Å². The molecule has 0 unspecified atom stereocenters. The van der Waals surface area contributed by atoms with E-state index in [1.807, 2.05) is 13.8 Å². The van der Waals surface area contributed by atoms with Gasteiger partial charge in [-0.1, -0.05) is 31.9 Å². The molecular weight excluding hydrogens is 311 g/mol. The second kappa shape index (κ2) is 8.70. The number of rotatable bonds is 8. The van der Waals surface area contributed by atoms with Crippen LogP contribution in [0.2, 0.25) is 5.02 Å². The van der Waals surface area contributed by atoms with Gasteiger partial charge in [-0.2, -0.15) is 0 Å². The lowest BCUT2D eigenvalue weighted by Gasteiger charge is -2.20. The number of hydrogen-bond acceptors (Lipinski definition) is 3. The van der Waals surface area contributed by atoms with Crippen molar-refractivity contribution in [2.24, 2.45) is 5.92 Å². The molecule has 3 N–H and O–H groups in total. The van der Waals surface area contributed by atoms with E-state index in [9.17, 15) is 14.0 Å². The maximum absolute atomic E-state index is 13.5. The molecule has 0 fully saturated rings. The van der Waals surface area contributed by atoms with E-state index >= 15 is 0 Å². The predicted octanol–water partition coefficient (Wildman–Crippen LogP) is 2.90. The SMILES string of the molecule is CC[C@H](C)[C@H](NCCC(=O)Nc1ccc(Cl)cc1F)C(=O)O. The number of carbonyl (C=O) groups excluding carboxylic acids is 1. The van der Waals surface area contributed by atoms with Crippen molar-refractivity contribution in [2.45, 2.75) is 32.7 Å². The average molecular weight is 331 g/mol. The fourth-order valence-electron chi connectivity index (χ4n) is 1.91. The summed E-state index contributed by atoms with van der Waals surface area (Å²) in [6, 6.07) is 3.26. The first-order valence-electron chi connectivity index (χ1n) is 7.06. The van der Waals surface area contributed by atoms with Gasteiger partial charge in [0.2, 0.25) is 5.91 Å². The number of carbonyl (C=O) groups is 2. The zero-order chi connectivity index (χ0) is 16.7. The van der Waals surface area contributed by atoms with E-state index < -0.39 is 23.7 Å². The van der Waals surface area contributed by atoms with E-state index in [1.54, 1.807) is 0 Å². The first-order valence-corrected chi connectivity index (χ1v) is 7.44. The van der Waals surface area contributed by atoms with Crippen LogP contribution in [0.15, 0.2) is 18.2 Å². The van der Waals surface area contributed by atoms with Gasteiger partial charge >= 0.3 is 5.97 Å². The number of carboxylic acids is 1. The molecule has 122 valence electrons. The molecule has 1 aromatic rings. The number of carboxylic acid groups (broad SMARTS) is 1. The quantitative estimate of drug-likeness (QED) is 0.685. The molecule has 22 heavy (non-hydrogen) atoms. The number of halogens is 2. The maximum Gasteiger partial charge on any atom is 0.320 e. The molecule has 0 aliphatic rings. The van der Waals surface area contributed by atoms with Gasteiger partial charge in [0.1, 0.15) is 11.9 Å². The molecule has 2 atom stereocenters. The lowest BCUT2D eigenvalue weighted by atomic mass is 9.99. The van der Waals surface area contributed by atoms with Crippen LogP contribution >= 0.6 is 11.6 Å². The molecule has 1 amide bonds. The summed E-state index contributed by atoms with van der Waals surface area (Å²) in [5.41, 5.74) is 0.0473. The van der Waals surface area contributed by atoms with Gasteiger partial charge in [0.05, 0.1) is 5.69 Å². The van der Waals surface area contributed by atoms with Crippen LogP contribution in [-0.2, 0) is 9.59 Å². The molecule has 0 aliphatic heterocycles. The summed E-state index contributed by atoms with van der Waals surface area (Å²) >= 11 is 5.63. The molecule has 0 heterocycles. The molecule has 0 spiro atoms. The Morgan fingerprint density at radius 1 is 1.41 bits per heavy atom. The maximum atomic E-state index is 13.5. The molecular formula is C15H20ClFN2O3. The van der Waals surface area contributed by atoms with E-state index in [1.165, 1.54) is 12.1 Å². The normalized spacial score (nSPS) is 13.5. The van der Waals surface area contributed by atoms with Gasteiger partial charge < -0.3 is 15.7 Å². The summed E-state index contributed by atoms with van der Waals surface area (Å²) in [6.45, 7) is 3.93. The van der Waals surface area contributed by atoms with Crippen molar-refractivity contribution in [3.8, 4) is 0 Å². The van der Waals surface area contributed by atoms with Crippen LogP contribution in [-0.4, -0.2) is 29.6 Å². The molecule has 0 bridgehead atoms. The summed E-state index contributed by atoms with van der Waals surface area (Å²) in [6.07, 6.45) is 0.758. The largest absolute Gasteiger partial charge is 0.480 e. The van der Waals surface area contributed by atoms with Gasteiger partial charge in [-0.05, 0) is 24.1 Å².